The lowest BCUT2D eigenvalue weighted by Gasteiger charge is -2.14. The van der Waals surface area contributed by atoms with Crippen molar-refractivity contribution in [3.63, 3.8) is 0 Å². The molecule has 0 bridgehead atoms. The van der Waals surface area contributed by atoms with Crippen molar-refractivity contribution in [2.24, 2.45) is 0 Å². The molecule has 0 aliphatic rings. The van der Waals surface area contributed by atoms with Gasteiger partial charge in [-0.05, 0) is 19.8 Å². The second-order valence-electron chi connectivity index (χ2n) is 4.47. The van der Waals surface area contributed by atoms with Crippen molar-refractivity contribution in [2.45, 2.75) is 38.8 Å². The zero-order chi connectivity index (χ0) is 16.0. The molecule has 0 aliphatic carbocycles. The van der Waals surface area contributed by atoms with E-state index in [1.54, 1.807) is 12.3 Å². The van der Waals surface area contributed by atoms with Crippen LogP contribution in [0.5, 0.6) is 0 Å². The van der Waals surface area contributed by atoms with Gasteiger partial charge in [0.25, 0.3) is 0 Å². The highest BCUT2D eigenvalue weighted by atomic mass is 32.1. The molecule has 3 N–H and O–H groups in total. The molecule has 1 aromatic rings. The second kappa shape index (κ2) is 7.58. The number of aromatic nitrogens is 1. The summed E-state index contributed by atoms with van der Waals surface area (Å²) in [6.45, 7) is 1.42. The minimum absolute atomic E-state index is 0.0187. The number of hydrogen-bond acceptors (Lipinski definition) is 5. The highest BCUT2D eigenvalue weighted by Gasteiger charge is 2.20. The summed E-state index contributed by atoms with van der Waals surface area (Å²) < 4.78 is 1.25. The van der Waals surface area contributed by atoms with E-state index in [4.69, 9.17) is 10.2 Å². The van der Waals surface area contributed by atoms with Gasteiger partial charge in [0.15, 0.2) is 0 Å². The molecule has 0 aliphatic heterocycles. The number of carboxylic acid groups (broad SMARTS) is 2. The van der Waals surface area contributed by atoms with Crippen LogP contribution in [-0.4, -0.2) is 38.7 Å². The number of nitrogens with one attached hydrogen (secondary N) is 1. The quantitative estimate of drug-likeness (QED) is 0.622. The average Bonchev–Trinajstić information content (AvgIpc) is 2.68. The summed E-state index contributed by atoms with van der Waals surface area (Å²) in [6.07, 6.45) is -0.00234. The SMILES string of the molecule is Cc1csc(=O)n1CC(=O)N[C@H](CCCC(=O)O)C(=O)O. The minimum atomic E-state index is -1.23. The van der Waals surface area contributed by atoms with Gasteiger partial charge in [0, 0.05) is 17.5 Å². The normalized spacial score (nSPS) is 11.9. The fourth-order valence-electron chi connectivity index (χ4n) is 1.69. The fraction of sp³-hybridized carbons (Fsp3) is 0.500. The largest absolute Gasteiger partial charge is 0.481 e. The van der Waals surface area contributed by atoms with E-state index in [1.807, 2.05) is 0 Å². The highest BCUT2D eigenvalue weighted by molar-refractivity contribution is 7.07. The standard InChI is InChI=1S/C12H16N2O6S/c1-7-6-21-12(20)14(7)5-9(15)13-8(11(18)19)3-2-4-10(16)17/h6,8H,2-5H2,1H3,(H,13,15)(H,16,17)(H,18,19)/t8-/m1/s1. The zero-order valence-corrected chi connectivity index (χ0v) is 12.2. The molecular formula is C12H16N2O6S. The summed E-state index contributed by atoms with van der Waals surface area (Å²) in [5.74, 6) is -2.85. The number of aliphatic carboxylic acids is 2. The molecule has 0 radical (unpaired) electrons. The summed E-state index contributed by atoms with van der Waals surface area (Å²) >= 11 is 0.961. The molecule has 1 atom stereocenters. The fourth-order valence-corrected chi connectivity index (χ4v) is 2.43. The first-order valence-electron chi connectivity index (χ1n) is 6.20. The molecule has 1 amide bonds. The number of hydrogen-bond donors (Lipinski definition) is 3. The first kappa shape index (κ1) is 16.9. The Morgan fingerprint density at radius 3 is 2.52 bits per heavy atom. The monoisotopic (exact) mass is 316 g/mol. The lowest BCUT2D eigenvalue weighted by molar-refractivity contribution is -0.142. The first-order chi connectivity index (χ1) is 9.81. The van der Waals surface area contributed by atoms with Crippen LogP contribution >= 0.6 is 11.3 Å². The summed E-state index contributed by atoms with van der Waals surface area (Å²) in [4.78, 5) is 44.4. The summed E-state index contributed by atoms with van der Waals surface area (Å²) in [6, 6.07) is -1.16. The zero-order valence-electron chi connectivity index (χ0n) is 11.4. The third kappa shape index (κ3) is 5.38. The van der Waals surface area contributed by atoms with Crippen LogP contribution in [0, 0.1) is 6.92 Å². The van der Waals surface area contributed by atoms with Crippen LogP contribution in [0.25, 0.3) is 0 Å². The van der Waals surface area contributed by atoms with Gasteiger partial charge in [-0.1, -0.05) is 11.3 Å². The summed E-state index contributed by atoms with van der Waals surface area (Å²) in [7, 11) is 0. The number of nitrogens with zero attached hydrogens (tertiary/aromatic N) is 1. The van der Waals surface area contributed by atoms with Crippen LogP contribution in [0.4, 0.5) is 0 Å². The molecule has 9 heteroatoms. The maximum Gasteiger partial charge on any atom is 0.326 e. The summed E-state index contributed by atoms with van der Waals surface area (Å²) in [5, 5.41) is 21.4. The van der Waals surface area contributed by atoms with Gasteiger partial charge in [0.1, 0.15) is 12.6 Å². The molecule has 116 valence electrons. The van der Waals surface area contributed by atoms with Crippen molar-refractivity contribution in [3.8, 4) is 0 Å². The molecular weight excluding hydrogens is 300 g/mol. The van der Waals surface area contributed by atoms with Crippen molar-refractivity contribution >= 4 is 29.2 Å². The average molecular weight is 316 g/mol. The van der Waals surface area contributed by atoms with E-state index in [0.29, 0.717) is 5.69 Å². The van der Waals surface area contributed by atoms with Crippen molar-refractivity contribution in [2.75, 3.05) is 0 Å². The number of carbonyl (C=O) groups excluding carboxylic acids is 1. The number of amides is 1. The smallest absolute Gasteiger partial charge is 0.326 e. The van der Waals surface area contributed by atoms with E-state index in [-0.39, 0.29) is 30.7 Å². The van der Waals surface area contributed by atoms with Crippen LogP contribution in [-0.2, 0) is 20.9 Å². The van der Waals surface area contributed by atoms with E-state index in [9.17, 15) is 19.2 Å². The van der Waals surface area contributed by atoms with Crippen molar-refractivity contribution in [1.82, 2.24) is 9.88 Å². The Bertz CT molecular complexity index is 591. The molecule has 0 saturated heterocycles. The van der Waals surface area contributed by atoms with Crippen LogP contribution in [0.1, 0.15) is 25.0 Å². The Balaban J connectivity index is 2.58. The van der Waals surface area contributed by atoms with E-state index in [2.05, 4.69) is 5.32 Å². The van der Waals surface area contributed by atoms with E-state index < -0.39 is 23.9 Å². The van der Waals surface area contributed by atoms with Gasteiger partial charge >= 0.3 is 16.8 Å². The molecule has 0 fully saturated rings. The Kier molecular flexibility index (Phi) is 6.10. The molecule has 1 heterocycles. The maximum absolute atomic E-state index is 11.8. The van der Waals surface area contributed by atoms with E-state index in [1.165, 1.54) is 4.57 Å². The first-order valence-corrected chi connectivity index (χ1v) is 7.08. The number of carbonyl (C=O) groups is 3. The van der Waals surface area contributed by atoms with Crippen molar-refractivity contribution < 1.29 is 24.6 Å². The molecule has 8 nitrogen and oxygen atoms in total. The third-order valence-corrected chi connectivity index (χ3v) is 3.68. The van der Waals surface area contributed by atoms with E-state index in [0.717, 1.165) is 11.3 Å². The molecule has 0 spiro atoms. The summed E-state index contributed by atoms with van der Waals surface area (Å²) in [5.41, 5.74) is 0.623. The Hall–Kier alpha value is -2.16. The Labute approximate surface area is 124 Å². The van der Waals surface area contributed by atoms with Gasteiger partial charge in [0.05, 0.1) is 0 Å². The molecule has 0 unspecified atom stereocenters. The second-order valence-corrected chi connectivity index (χ2v) is 5.29. The van der Waals surface area contributed by atoms with Crippen molar-refractivity contribution in [3.05, 3.63) is 20.7 Å². The maximum atomic E-state index is 11.8. The predicted octanol–water partition coefficient (Wildman–Crippen LogP) is 0.0425. The van der Waals surface area contributed by atoms with Crippen LogP contribution < -0.4 is 10.2 Å². The van der Waals surface area contributed by atoms with Gasteiger partial charge in [-0.15, -0.1) is 0 Å². The van der Waals surface area contributed by atoms with Gasteiger partial charge in [0.2, 0.25) is 5.91 Å². The Morgan fingerprint density at radius 1 is 1.38 bits per heavy atom. The van der Waals surface area contributed by atoms with Gasteiger partial charge in [-0.3, -0.25) is 19.0 Å². The Morgan fingerprint density at radius 2 is 2.05 bits per heavy atom. The third-order valence-electron chi connectivity index (χ3n) is 2.79. The molecule has 1 rings (SSSR count). The molecule has 0 aromatic carbocycles. The number of carboxylic acids is 2. The number of rotatable bonds is 8. The van der Waals surface area contributed by atoms with Crippen LogP contribution in [0.3, 0.4) is 0 Å². The van der Waals surface area contributed by atoms with E-state index >= 15 is 0 Å². The lowest BCUT2D eigenvalue weighted by Crippen LogP contribution is -2.43. The van der Waals surface area contributed by atoms with Crippen LogP contribution in [0.2, 0.25) is 0 Å². The minimum Gasteiger partial charge on any atom is -0.481 e. The van der Waals surface area contributed by atoms with Gasteiger partial charge in [-0.25, -0.2) is 4.79 Å². The van der Waals surface area contributed by atoms with Gasteiger partial charge < -0.3 is 15.5 Å². The van der Waals surface area contributed by atoms with Gasteiger partial charge in [-0.2, -0.15) is 0 Å². The molecule has 1 aromatic heterocycles. The van der Waals surface area contributed by atoms with Crippen LogP contribution in [0.15, 0.2) is 10.2 Å². The number of thiazole rings is 1. The highest BCUT2D eigenvalue weighted by Crippen LogP contribution is 2.03. The number of aryl methyl sites for hydroxylation is 1. The molecule has 0 saturated carbocycles. The topological polar surface area (TPSA) is 126 Å². The lowest BCUT2D eigenvalue weighted by atomic mass is 10.1. The van der Waals surface area contributed by atoms with Crippen molar-refractivity contribution in [1.29, 1.82) is 0 Å². The predicted molar refractivity (Wildman–Crippen MR) is 74.4 cm³/mol. The molecule has 21 heavy (non-hydrogen) atoms.